The molecule has 2 heterocycles. The Balaban J connectivity index is 1.77. The lowest BCUT2D eigenvalue weighted by Gasteiger charge is -2.34. The second-order valence-electron chi connectivity index (χ2n) is 8.45. The number of benzene rings is 2. The number of ether oxygens (including phenoxy) is 1. The molecular weight excluding hydrogens is 480 g/mol. The number of carbonyl (C=O) groups is 2. The summed E-state index contributed by atoms with van der Waals surface area (Å²) in [4.78, 5) is 31.3. The fourth-order valence-corrected chi connectivity index (χ4v) is 5.61. The smallest absolute Gasteiger partial charge is 0.343 e. The number of allylic oxidation sites excluding steroid dienone is 1. The number of anilines is 1. The maximum Gasteiger partial charge on any atom is 0.343 e. The SMILES string of the molecule is CCOC(=O)C1=C(CC)Nc2ccccc2N=C1NC(=O)C1Cc2ccccc2CN1S(=O)(=O)CC. The molecule has 2 aromatic rings. The van der Waals surface area contributed by atoms with E-state index < -0.39 is 27.9 Å². The summed E-state index contributed by atoms with van der Waals surface area (Å²) in [5, 5.41) is 6.03. The van der Waals surface area contributed by atoms with Crippen molar-refractivity contribution in [3.05, 3.63) is 70.9 Å². The first-order chi connectivity index (χ1) is 17.3. The number of nitrogens with one attached hydrogen (secondary N) is 2. The van der Waals surface area contributed by atoms with Crippen LogP contribution < -0.4 is 10.6 Å². The van der Waals surface area contributed by atoms with Gasteiger partial charge in [-0.25, -0.2) is 18.2 Å². The molecule has 10 heteroatoms. The molecule has 4 rings (SSSR count). The first-order valence-electron chi connectivity index (χ1n) is 12.0. The molecule has 9 nitrogen and oxygen atoms in total. The van der Waals surface area contributed by atoms with Crippen LogP contribution in [0.2, 0.25) is 0 Å². The van der Waals surface area contributed by atoms with Crippen molar-refractivity contribution in [2.45, 2.75) is 46.2 Å². The van der Waals surface area contributed by atoms with E-state index >= 15 is 0 Å². The number of aliphatic imine (C=N–C) groups is 1. The van der Waals surface area contributed by atoms with Gasteiger partial charge in [0, 0.05) is 12.2 Å². The van der Waals surface area contributed by atoms with Crippen LogP contribution in [0.25, 0.3) is 0 Å². The minimum absolute atomic E-state index is 0.0282. The van der Waals surface area contributed by atoms with Crippen LogP contribution in [0.5, 0.6) is 0 Å². The molecule has 0 bridgehead atoms. The second kappa shape index (κ2) is 10.6. The maximum atomic E-state index is 13.7. The monoisotopic (exact) mass is 510 g/mol. The van der Waals surface area contributed by atoms with Gasteiger partial charge in [0.1, 0.15) is 17.5 Å². The predicted molar refractivity (Wildman–Crippen MR) is 138 cm³/mol. The fraction of sp³-hybridized carbons (Fsp3) is 0.346. The number of carbonyl (C=O) groups excluding carboxylic acids is 2. The van der Waals surface area contributed by atoms with Crippen molar-refractivity contribution in [1.82, 2.24) is 9.62 Å². The summed E-state index contributed by atoms with van der Waals surface area (Å²) in [6.07, 6.45) is 0.660. The average molecular weight is 511 g/mol. The third-order valence-electron chi connectivity index (χ3n) is 6.27. The summed E-state index contributed by atoms with van der Waals surface area (Å²) in [6.45, 7) is 5.38. The Morgan fingerprint density at radius 1 is 1.08 bits per heavy atom. The van der Waals surface area contributed by atoms with Crippen LogP contribution in [-0.4, -0.2) is 48.8 Å². The average Bonchev–Trinajstić information content (AvgIpc) is 3.04. The molecule has 0 spiro atoms. The number of fused-ring (bicyclic) bond motifs is 2. The number of esters is 1. The molecule has 2 aliphatic heterocycles. The lowest BCUT2D eigenvalue weighted by atomic mass is 9.95. The van der Waals surface area contributed by atoms with Crippen LogP contribution >= 0.6 is 0 Å². The maximum absolute atomic E-state index is 13.7. The normalized spacial score (nSPS) is 17.8. The first-order valence-corrected chi connectivity index (χ1v) is 13.6. The summed E-state index contributed by atoms with van der Waals surface area (Å²) in [5.41, 5.74) is 3.65. The fourth-order valence-electron chi connectivity index (χ4n) is 4.38. The highest BCUT2D eigenvalue weighted by Crippen LogP contribution is 2.32. The molecular formula is C26H30N4O5S. The quantitative estimate of drug-likeness (QED) is 0.576. The van der Waals surface area contributed by atoms with E-state index in [2.05, 4.69) is 15.6 Å². The van der Waals surface area contributed by atoms with Crippen LogP contribution in [-0.2, 0) is 37.3 Å². The number of nitrogens with zero attached hydrogens (tertiary/aromatic N) is 2. The van der Waals surface area contributed by atoms with E-state index in [1.165, 1.54) is 4.31 Å². The van der Waals surface area contributed by atoms with Crippen molar-refractivity contribution in [2.24, 2.45) is 4.99 Å². The van der Waals surface area contributed by atoms with Gasteiger partial charge in [-0.1, -0.05) is 43.3 Å². The van der Waals surface area contributed by atoms with Gasteiger partial charge in [0.25, 0.3) is 0 Å². The highest BCUT2D eigenvalue weighted by molar-refractivity contribution is 7.89. The van der Waals surface area contributed by atoms with Crippen molar-refractivity contribution in [2.75, 3.05) is 17.7 Å². The predicted octanol–water partition coefficient (Wildman–Crippen LogP) is 3.26. The minimum Gasteiger partial charge on any atom is -0.462 e. The van der Waals surface area contributed by atoms with E-state index in [0.29, 0.717) is 23.5 Å². The second-order valence-corrected chi connectivity index (χ2v) is 10.7. The summed E-state index contributed by atoms with van der Waals surface area (Å²) in [7, 11) is -3.69. The molecule has 2 aliphatic rings. The molecule has 36 heavy (non-hydrogen) atoms. The van der Waals surface area contributed by atoms with Gasteiger partial charge in [0.2, 0.25) is 15.9 Å². The summed E-state index contributed by atoms with van der Waals surface area (Å²) < 4.78 is 32.5. The molecule has 0 saturated carbocycles. The molecule has 2 N–H and O–H groups in total. The molecule has 0 saturated heterocycles. The molecule has 190 valence electrons. The van der Waals surface area contributed by atoms with Crippen LogP contribution in [0.1, 0.15) is 38.3 Å². The summed E-state index contributed by atoms with van der Waals surface area (Å²) >= 11 is 0. The van der Waals surface area contributed by atoms with E-state index in [0.717, 1.165) is 11.1 Å². The number of sulfonamides is 1. The third kappa shape index (κ3) is 5.05. The van der Waals surface area contributed by atoms with E-state index in [1.54, 1.807) is 26.0 Å². The van der Waals surface area contributed by atoms with Crippen molar-refractivity contribution >= 4 is 39.1 Å². The molecule has 1 amide bonds. The standard InChI is InChI=1S/C26H30N4O5S/c1-4-19-23(26(32)35-5-2)24(28-21-14-10-9-13-20(21)27-19)29-25(31)22-15-17-11-7-8-12-18(17)16-30(22)36(33,34)6-3/h7-14,22,27H,4-6,15-16H2,1-3H3,(H,28,29,31). The number of hydrogen-bond donors (Lipinski definition) is 2. The Hall–Kier alpha value is -3.50. The number of amidine groups is 1. The van der Waals surface area contributed by atoms with Gasteiger partial charge >= 0.3 is 5.97 Å². The lowest BCUT2D eigenvalue weighted by Crippen LogP contribution is -2.54. The van der Waals surface area contributed by atoms with Gasteiger partial charge in [-0.3, -0.25) is 4.79 Å². The molecule has 1 unspecified atom stereocenters. The van der Waals surface area contributed by atoms with E-state index in [9.17, 15) is 18.0 Å². The molecule has 0 aliphatic carbocycles. The summed E-state index contributed by atoms with van der Waals surface area (Å²) in [5.74, 6) is -1.29. The zero-order valence-corrected chi connectivity index (χ0v) is 21.4. The number of hydrogen-bond acceptors (Lipinski definition) is 7. The Morgan fingerprint density at radius 2 is 1.78 bits per heavy atom. The lowest BCUT2D eigenvalue weighted by molar-refractivity contribution is -0.137. The first kappa shape index (κ1) is 25.6. The minimum atomic E-state index is -3.69. The van der Waals surface area contributed by atoms with Crippen LogP contribution in [0, 0.1) is 0 Å². The van der Waals surface area contributed by atoms with Crippen molar-refractivity contribution in [3.8, 4) is 0 Å². The van der Waals surface area contributed by atoms with Gasteiger partial charge in [-0.2, -0.15) is 4.31 Å². The van der Waals surface area contributed by atoms with Crippen LogP contribution in [0.3, 0.4) is 0 Å². The molecule has 2 aromatic carbocycles. The van der Waals surface area contributed by atoms with Gasteiger partial charge in [0.15, 0.2) is 0 Å². The zero-order valence-electron chi connectivity index (χ0n) is 20.6. The number of para-hydroxylation sites is 2. The van der Waals surface area contributed by atoms with Gasteiger partial charge < -0.3 is 15.4 Å². The topological polar surface area (TPSA) is 117 Å². The number of rotatable bonds is 6. The largest absolute Gasteiger partial charge is 0.462 e. The van der Waals surface area contributed by atoms with Crippen molar-refractivity contribution < 1.29 is 22.7 Å². The summed E-state index contributed by atoms with van der Waals surface area (Å²) in [6, 6.07) is 13.7. The molecule has 0 aromatic heterocycles. The molecule has 1 atom stereocenters. The molecule has 0 radical (unpaired) electrons. The Labute approximate surface area is 211 Å². The van der Waals surface area contributed by atoms with Crippen molar-refractivity contribution in [3.63, 3.8) is 0 Å². The van der Waals surface area contributed by atoms with Gasteiger partial charge in [-0.05, 0) is 49.9 Å². The van der Waals surface area contributed by atoms with Crippen molar-refractivity contribution in [1.29, 1.82) is 0 Å². The highest BCUT2D eigenvalue weighted by atomic mass is 32.2. The molecule has 0 fully saturated rings. The number of amides is 1. The Morgan fingerprint density at radius 3 is 2.47 bits per heavy atom. The Kier molecular flexibility index (Phi) is 7.56. The zero-order chi connectivity index (χ0) is 25.9. The van der Waals surface area contributed by atoms with Crippen LogP contribution in [0.4, 0.5) is 11.4 Å². The third-order valence-corrected chi connectivity index (χ3v) is 8.09. The highest BCUT2D eigenvalue weighted by Gasteiger charge is 2.39. The van der Waals surface area contributed by atoms with E-state index in [-0.39, 0.29) is 36.7 Å². The Bertz CT molecular complexity index is 1350. The van der Waals surface area contributed by atoms with Gasteiger partial charge in [-0.15, -0.1) is 0 Å². The van der Waals surface area contributed by atoms with E-state index in [1.807, 2.05) is 43.3 Å². The van der Waals surface area contributed by atoms with Crippen LogP contribution in [0.15, 0.2) is 64.8 Å². The van der Waals surface area contributed by atoms with Gasteiger partial charge in [0.05, 0.1) is 23.7 Å². The van der Waals surface area contributed by atoms with E-state index in [4.69, 9.17) is 4.74 Å².